The van der Waals surface area contributed by atoms with Gasteiger partial charge in [0.05, 0.1) is 24.6 Å². The van der Waals surface area contributed by atoms with Gasteiger partial charge in [0, 0.05) is 19.7 Å². The van der Waals surface area contributed by atoms with Crippen LogP contribution in [-0.2, 0) is 0 Å². The number of benzene rings is 1. The smallest absolute Gasteiger partial charge is 0.121 e. The van der Waals surface area contributed by atoms with Crippen molar-refractivity contribution in [2.75, 3.05) is 31.3 Å². The van der Waals surface area contributed by atoms with Crippen LogP contribution in [0.1, 0.15) is 13.3 Å². The van der Waals surface area contributed by atoms with Gasteiger partial charge < -0.3 is 20.5 Å². The maximum absolute atomic E-state index is 9.24. The maximum atomic E-state index is 9.24. The van der Waals surface area contributed by atoms with Crippen molar-refractivity contribution in [2.45, 2.75) is 19.4 Å². The van der Waals surface area contributed by atoms with Gasteiger partial charge in [-0.05, 0) is 25.5 Å². The van der Waals surface area contributed by atoms with Crippen molar-refractivity contribution in [2.24, 2.45) is 0 Å². The highest BCUT2D eigenvalue weighted by molar-refractivity contribution is 5.69. The number of aliphatic hydroxyl groups excluding tert-OH is 1. The van der Waals surface area contributed by atoms with Gasteiger partial charge in [-0.15, -0.1) is 0 Å². The maximum Gasteiger partial charge on any atom is 0.121 e. The summed E-state index contributed by atoms with van der Waals surface area (Å²) < 4.78 is 5.15. The minimum absolute atomic E-state index is 0.297. The Bertz CT molecular complexity index is 340. The van der Waals surface area contributed by atoms with Crippen LogP contribution in [0.25, 0.3) is 0 Å². The summed E-state index contributed by atoms with van der Waals surface area (Å²) in [6.07, 6.45) is 0.418. The van der Waals surface area contributed by atoms with Crippen molar-refractivity contribution in [1.29, 1.82) is 0 Å². The standard InChI is InChI=1S/C12H20N2O2/c1-9(15)6-7-14(2)12-8-10(16-3)4-5-11(12)13/h4-5,8-9,15H,6-7,13H2,1-3H3. The summed E-state index contributed by atoms with van der Waals surface area (Å²) in [7, 11) is 3.58. The Balaban J connectivity index is 2.76. The molecule has 0 fully saturated rings. The monoisotopic (exact) mass is 224 g/mol. The first-order chi connectivity index (χ1) is 7.54. The highest BCUT2D eigenvalue weighted by atomic mass is 16.5. The van der Waals surface area contributed by atoms with Gasteiger partial charge in [-0.3, -0.25) is 0 Å². The van der Waals surface area contributed by atoms with Gasteiger partial charge in [0.15, 0.2) is 0 Å². The number of hydrogen-bond donors (Lipinski definition) is 2. The fourth-order valence-corrected chi connectivity index (χ4v) is 1.48. The molecule has 0 saturated carbocycles. The number of aliphatic hydroxyl groups is 1. The van der Waals surface area contributed by atoms with Gasteiger partial charge in [-0.2, -0.15) is 0 Å². The molecule has 3 N–H and O–H groups in total. The summed E-state index contributed by atoms with van der Waals surface area (Å²) in [6.45, 7) is 2.54. The van der Waals surface area contributed by atoms with Crippen LogP contribution in [0.4, 0.5) is 11.4 Å². The van der Waals surface area contributed by atoms with Crippen molar-refractivity contribution < 1.29 is 9.84 Å². The van der Waals surface area contributed by atoms with Gasteiger partial charge in [0.2, 0.25) is 0 Å². The van der Waals surface area contributed by atoms with E-state index in [9.17, 15) is 5.11 Å². The molecule has 0 aliphatic carbocycles. The lowest BCUT2D eigenvalue weighted by Gasteiger charge is -2.22. The molecule has 0 aliphatic rings. The van der Waals surface area contributed by atoms with E-state index in [1.165, 1.54) is 0 Å². The third kappa shape index (κ3) is 3.31. The predicted molar refractivity (Wildman–Crippen MR) is 67.0 cm³/mol. The molecule has 1 aromatic rings. The van der Waals surface area contributed by atoms with Crippen molar-refractivity contribution in [3.8, 4) is 5.75 Å². The van der Waals surface area contributed by atoms with Crippen molar-refractivity contribution in [3.05, 3.63) is 18.2 Å². The summed E-state index contributed by atoms with van der Waals surface area (Å²) in [4.78, 5) is 2.02. The second kappa shape index (κ2) is 5.61. The summed E-state index contributed by atoms with van der Waals surface area (Å²) in [6, 6.07) is 5.56. The minimum Gasteiger partial charge on any atom is -0.497 e. The lowest BCUT2D eigenvalue weighted by atomic mass is 10.2. The minimum atomic E-state index is -0.297. The van der Waals surface area contributed by atoms with E-state index < -0.39 is 0 Å². The van der Waals surface area contributed by atoms with E-state index in [4.69, 9.17) is 10.5 Å². The highest BCUT2D eigenvalue weighted by Crippen LogP contribution is 2.27. The molecule has 4 nitrogen and oxygen atoms in total. The Morgan fingerprint density at radius 1 is 1.50 bits per heavy atom. The van der Waals surface area contributed by atoms with Crippen LogP contribution < -0.4 is 15.4 Å². The van der Waals surface area contributed by atoms with E-state index >= 15 is 0 Å². The number of anilines is 2. The summed E-state index contributed by atoms with van der Waals surface area (Å²) >= 11 is 0. The molecule has 0 amide bonds. The summed E-state index contributed by atoms with van der Waals surface area (Å²) in [5, 5.41) is 9.24. The van der Waals surface area contributed by atoms with Crippen LogP contribution in [0.2, 0.25) is 0 Å². The van der Waals surface area contributed by atoms with E-state index in [-0.39, 0.29) is 6.10 Å². The van der Waals surface area contributed by atoms with Crippen LogP contribution in [0, 0.1) is 0 Å². The Kier molecular flexibility index (Phi) is 4.43. The molecule has 16 heavy (non-hydrogen) atoms. The fourth-order valence-electron chi connectivity index (χ4n) is 1.48. The number of rotatable bonds is 5. The molecule has 0 radical (unpaired) electrons. The van der Waals surface area contributed by atoms with Crippen LogP contribution in [0.5, 0.6) is 5.75 Å². The van der Waals surface area contributed by atoms with E-state index in [0.29, 0.717) is 12.1 Å². The molecule has 0 aliphatic heterocycles. The van der Waals surface area contributed by atoms with Crippen LogP contribution in [0.15, 0.2) is 18.2 Å². The Morgan fingerprint density at radius 3 is 2.75 bits per heavy atom. The van der Waals surface area contributed by atoms with E-state index in [0.717, 1.165) is 18.0 Å². The van der Waals surface area contributed by atoms with Gasteiger partial charge in [-0.1, -0.05) is 0 Å². The molecule has 0 bridgehead atoms. The number of ether oxygens (including phenoxy) is 1. The van der Waals surface area contributed by atoms with Crippen LogP contribution in [0.3, 0.4) is 0 Å². The Labute approximate surface area is 96.6 Å². The van der Waals surface area contributed by atoms with Gasteiger partial charge >= 0.3 is 0 Å². The highest BCUT2D eigenvalue weighted by Gasteiger charge is 2.07. The van der Waals surface area contributed by atoms with Crippen molar-refractivity contribution in [3.63, 3.8) is 0 Å². The zero-order valence-electron chi connectivity index (χ0n) is 10.1. The Hall–Kier alpha value is -1.42. The number of nitrogens with two attached hydrogens (primary N) is 1. The van der Waals surface area contributed by atoms with Crippen LogP contribution >= 0.6 is 0 Å². The molecule has 1 aromatic carbocycles. The lowest BCUT2D eigenvalue weighted by Crippen LogP contribution is -2.22. The molecule has 0 saturated heterocycles. The molecule has 0 heterocycles. The molecule has 0 aromatic heterocycles. The van der Waals surface area contributed by atoms with Gasteiger partial charge in [-0.25, -0.2) is 0 Å². The third-order valence-electron chi connectivity index (χ3n) is 2.53. The van der Waals surface area contributed by atoms with E-state index in [2.05, 4.69) is 0 Å². The van der Waals surface area contributed by atoms with E-state index in [1.54, 1.807) is 14.0 Å². The zero-order valence-corrected chi connectivity index (χ0v) is 10.1. The predicted octanol–water partition coefficient (Wildman–Crippen LogP) is 1.48. The largest absolute Gasteiger partial charge is 0.497 e. The molecular formula is C12H20N2O2. The van der Waals surface area contributed by atoms with Crippen molar-refractivity contribution in [1.82, 2.24) is 0 Å². The average molecular weight is 224 g/mol. The third-order valence-corrected chi connectivity index (χ3v) is 2.53. The van der Waals surface area contributed by atoms with Crippen molar-refractivity contribution >= 4 is 11.4 Å². The SMILES string of the molecule is COc1ccc(N)c(N(C)CCC(C)O)c1. The Morgan fingerprint density at radius 2 is 2.19 bits per heavy atom. The second-order valence-electron chi connectivity index (χ2n) is 3.98. The van der Waals surface area contributed by atoms with Crippen LogP contribution in [-0.4, -0.2) is 31.9 Å². The molecular weight excluding hydrogens is 204 g/mol. The summed E-state index contributed by atoms with van der Waals surface area (Å²) in [5.74, 6) is 0.785. The number of methoxy groups -OCH3 is 1. The molecule has 4 heteroatoms. The molecule has 1 atom stereocenters. The molecule has 1 rings (SSSR count). The molecule has 0 spiro atoms. The van der Waals surface area contributed by atoms with Gasteiger partial charge in [0.1, 0.15) is 5.75 Å². The van der Waals surface area contributed by atoms with Gasteiger partial charge in [0.25, 0.3) is 0 Å². The first kappa shape index (κ1) is 12.6. The molecule has 1 unspecified atom stereocenters. The van der Waals surface area contributed by atoms with E-state index in [1.807, 2.05) is 30.1 Å². The zero-order chi connectivity index (χ0) is 12.1. The quantitative estimate of drug-likeness (QED) is 0.744. The number of nitrogens with zero attached hydrogens (tertiary/aromatic N) is 1. The second-order valence-corrected chi connectivity index (χ2v) is 3.98. The number of nitrogen functional groups attached to an aromatic ring is 1. The fraction of sp³-hybridized carbons (Fsp3) is 0.500. The summed E-state index contributed by atoms with van der Waals surface area (Å²) in [5.41, 5.74) is 7.54. The first-order valence-corrected chi connectivity index (χ1v) is 5.37. The normalized spacial score (nSPS) is 12.2. The molecule has 90 valence electrons. The number of hydrogen-bond acceptors (Lipinski definition) is 4. The lowest BCUT2D eigenvalue weighted by molar-refractivity contribution is 0.187. The first-order valence-electron chi connectivity index (χ1n) is 5.37. The average Bonchev–Trinajstić information content (AvgIpc) is 2.26. The topological polar surface area (TPSA) is 58.7 Å².